The zero-order valence-corrected chi connectivity index (χ0v) is 20.4. The average Bonchev–Trinajstić information content (AvgIpc) is 3.18. The molecule has 164 valence electrons. The van der Waals surface area contributed by atoms with Gasteiger partial charge < -0.3 is 15.4 Å². The third-order valence-electron chi connectivity index (χ3n) is 4.94. The number of aliphatic imine (C=N–C) groups is 1. The van der Waals surface area contributed by atoms with Crippen molar-refractivity contribution in [3.63, 3.8) is 0 Å². The Morgan fingerprint density at radius 3 is 2.57 bits per heavy atom. The van der Waals surface area contributed by atoms with E-state index in [9.17, 15) is 8.42 Å². The number of anilines is 1. The molecule has 0 spiro atoms. The molecule has 9 heteroatoms. The maximum absolute atomic E-state index is 12.7. The van der Waals surface area contributed by atoms with Crippen LogP contribution in [0.15, 0.2) is 53.5 Å². The first kappa shape index (κ1) is 24.3. The maximum Gasteiger partial charge on any atom is 0.236 e. The number of halogens is 1. The number of nitrogens with one attached hydrogen (secondary N) is 2. The molecule has 2 aromatic rings. The molecule has 0 bridgehead atoms. The number of rotatable bonds is 8. The summed E-state index contributed by atoms with van der Waals surface area (Å²) in [5, 5.41) is 6.31. The summed E-state index contributed by atoms with van der Waals surface area (Å²) in [6.07, 6.45) is 1.53. The summed E-state index contributed by atoms with van der Waals surface area (Å²) in [5.74, 6) is 1.44. The van der Waals surface area contributed by atoms with Crippen LogP contribution in [0.1, 0.15) is 11.1 Å². The van der Waals surface area contributed by atoms with Crippen LogP contribution in [-0.2, 0) is 22.9 Å². The monoisotopic (exact) mass is 544 g/mol. The Bertz CT molecular complexity index is 966. The highest BCUT2D eigenvalue weighted by Crippen LogP contribution is 2.29. The molecule has 0 atom stereocenters. The molecule has 2 aromatic carbocycles. The molecule has 1 aliphatic heterocycles. The number of para-hydroxylation sites is 2. The van der Waals surface area contributed by atoms with E-state index in [4.69, 9.17) is 4.74 Å². The fourth-order valence-electron chi connectivity index (χ4n) is 3.45. The van der Waals surface area contributed by atoms with Crippen molar-refractivity contribution in [3.8, 4) is 5.75 Å². The van der Waals surface area contributed by atoms with Gasteiger partial charge in [-0.15, -0.1) is 24.0 Å². The summed E-state index contributed by atoms with van der Waals surface area (Å²) in [4.78, 5) is 4.17. The number of nitrogens with zero attached hydrogens (tertiary/aromatic N) is 2. The zero-order valence-electron chi connectivity index (χ0n) is 17.3. The maximum atomic E-state index is 12.7. The third-order valence-corrected chi connectivity index (χ3v) is 6.71. The summed E-state index contributed by atoms with van der Waals surface area (Å²) in [5.41, 5.74) is 2.98. The van der Waals surface area contributed by atoms with E-state index in [0.717, 1.165) is 35.4 Å². The quantitative estimate of drug-likeness (QED) is 0.303. The normalized spacial score (nSPS) is 13.4. The highest BCUT2D eigenvalue weighted by atomic mass is 127. The molecule has 0 aliphatic carbocycles. The largest absolute Gasteiger partial charge is 0.496 e. The molecule has 0 radical (unpaired) electrons. The van der Waals surface area contributed by atoms with Crippen LogP contribution in [0.2, 0.25) is 0 Å². The molecule has 0 saturated heterocycles. The molecule has 30 heavy (non-hydrogen) atoms. The molecule has 0 unspecified atom stereocenters. The highest BCUT2D eigenvalue weighted by Gasteiger charge is 2.28. The van der Waals surface area contributed by atoms with Crippen molar-refractivity contribution in [3.05, 3.63) is 59.7 Å². The second-order valence-electron chi connectivity index (χ2n) is 6.75. The SMILES string of the molecule is CN=C(NCCc1ccccc1OC)NCCS(=O)(=O)N1CCc2ccccc21.I. The van der Waals surface area contributed by atoms with Crippen LogP contribution in [-0.4, -0.2) is 53.9 Å². The van der Waals surface area contributed by atoms with E-state index in [2.05, 4.69) is 15.6 Å². The number of benzene rings is 2. The fourth-order valence-corrected chi connectivity index (χ4v) is 4.88. The third kappa shape index (κ3) is 6.00. The van der Waals surface area contributed by atoms with Gasteiger partial charge in [-0.3, -0.25) is 9.30 Å². The van der Waals surface area contributed by atoms with Gasteiger partial charge in [0.05, 0.1) is 18.6 Å². The van der Waals surface area contributed by atoms with Gasteiger partial charge in [0.1, 0.15) is 5.75 Å². The van der Waals surface area contributed by atoms with E-state index in [1.807, 2.05) is 48.5 Å². The summed E-state index contributed by atoms with van der Waals surface area (Å²) in [6, 6.07) is 15.5. The van der Waals surface area contributed by atoms with Crippen LogP contribution in [0.5, 0.6) is 5.75 Å². The van der Waals surface area contributed by atoms with Gasteiger partial charge in [0, 0.05) is 26.7 Å². The smallest absolute Gasteiger partial charge is 0.236 e. The molecule has 0 aromatic heterocycles. The Hall–Kier alpha value is -2.01. The lowest BCUT2D eigenvalue weighted by atomic mass is 10.1. The summed E-state index contributed by atoms with van der Waals surface area (Å²) < 4.78 is 32.4. The second kappa shape index (κ2) is 11.4. The molecule has 3 rings (SSSR count). The van der Waals surface area contributed by atoms with Gasteiger partial charge in [0.25, 0.3) is 0 Å². The number of fused-ring (bicyclic) bond motifs is 1. The Morgan fingerprint density at radius 2 is 1.80 bits per heavy atom. The number of methoxy groups -OCH3 is 1. The lowest BCUT2D eigenvalue weighted by Crippen LogP contribution is -2.42. The molecule has 0 amide bonds. The van der Waals surface area contributed by atoms with Crippen LogP contribution in [0.4, 0.5) is 5.69 Å². The second-order valence-corrected chi connectivity index (χ2v) is 8.77. The van der Waals surface area contributed by atoms with E-state index < -0.39 is 10.0 Å². The molecule has 1 heterocycles. The molecule has 2 N–H and O–H groups in total. The van der Waals surface area contributed by atoms with Crippen LogP contribution >= 0.6 is 24.0 Å². The molecule has 0 fully saturated rings. The summed E-state index contributed by atoms with van der Waals surface area (Å²) >= 11 is 0. The van der Waals surface area contributed by atoms with Crippen molar-refractivity contribution in [1.82, 2.24) is 10.6 Å². The summed E-state index contributed by atoms with van der Waals surface area (Å²) in [6.45, 7) is 1.45. The van der Waals surface area contributed by atoms with Gasteiger partial charge in [-0.05, 0) is 36.1 Å². The lowest BCUT2D eigenvalue weighted by Gasteiger charge is -2.20. The van der Waals surface area contributed by atoms with Gasteiger partial charge in [0.15, 0.2) is 5.96 Å². The van der Waals surface area contributed by atoms with E-state index in [0.29, 0.717) is 19.0 Å². The fraction of sp³-hybridized carbons (Fsp3) is 0.381. The van der Waals surface area contributed by atoms with Gasteiger partial charge >= 0.3 is 0 Å². The first-order chi connectivity index (χ1) is 14.0. The molecular formula is C21H29IN4O3S. The Kier molecular flexibility index (Phi) is 9.22. The van der Waals surface area contributed by atoms with E-state index >= 15 is 0 Å². The Morgan fingerprint density at radius 1 is 1.10 bits per heavy atom. The van der Waals surface area contributed by atoms with Gasteiger partial charge in [-0.1, -0.05) is 36.4 Å². The van der Waals surface area contributed by atoms with Crippen molar-refractivity contribution in [1.29, 1.82) is 0 Å². The number of hydrogen-bond acceptors (Lipinski definition) is 4. The van der Waals surface area contributed by atoms with Crippen LogP contribution in [0, 0.1) is 0 Å². The lowest BCUT2D eigenvalue weighted by molar-refractivity contribution is 0.409. The Labute approximate surface area is 196 Å². The van der Waals surface area contributed by atoms with Crippen LogP contribution < -0.4 is 19.7 Å². The van der Waals surface area contributed by atoms with E-state index in [1.165, 1.54) is 4.31 Å². The average molecular weight is 544 g/mol. The first-order valence-corrected chi connectivity index (χ1v) is 11.3. The molecular weight excluding hydrogens is 515 g/mol. The standard InChI is InChI=1S/C21H28N4O3S.HI/c1-22-21(23-13-11-18-8-4-6-10-20(18)28-2)24-14-16-29(26,27)25-15-12-17-7-3-5-9-19(17)25;/h3-10H,11-16H2,1-2H3,(H2,22,23,24);1H. The molecule has 7 nitrogen and oxygen atoms in total. The Balaban J connectivity index is 0.00000320. The summed E-state index contributed by atoms with van der Waals surface area (Å²) in [7, 11) is -0.0493. The zero-order chi connectivity index (χ0) is 20.7. The van der Waals surface area contributed by atoms with Gasteiger partial charge in [-0.2, -0.15) is 0 Å². The van der Waals surface area contributed by atoms with E-state index in [-0.39, 0.29) is 36.3 Å². The van der Waals surface area contributed by atoms with Gasteiger partial charge in [-0.25, -0.2) is 8.42 Å². The number of sulfonamides is 1. The van der Waals surface area contributed by atoms with Crippen LogP contribution in [0.25, 0.3) is 0 Å². The molecule has 0 saturated carbocycles. The van der Waals surface area contributed by atoms with Gasteiger partial charge in [0.2, 0.25) is 10.0 Å². The first-order valence-electron chi connectivity index (χ1n) is 9.70. The van der Waals surface area contributed by atoms with Crippen molar-refractivity contribution >= 4 is 45.6 Å². The number of hydrogen-bond donors (Lipinski definition) is 2. The highest BCUT2D eigenvalue weighted by molar-refractivity contribution is 14.0. The van der Waals surface area contributed by atoms with Crippen molar-refractivity contribution < 1.29 is 13.2 Å². The van der Waals surface area contributed by atoms with Crippen molar-refractivity contribution in [2.75, 3.05) is 43.8 Å². The number of ether oxygens (including phenoxy) is 1. The van der Waals surface area contributed by atoms with Crippen molar-refractivity contribution in [2.24, 2.45) is 4.99 Å². The predicted molar refractivity (Wildman–Crippen MR) is 133 cm³/mol. The van der Waals surface area contributed by atoms with E-state index in [1.54, 1.807) is 14.2 Å². The predicted octanol–water partition coefficient (Wildman–Crippen LogP) is 2.41. The van der Waals surface area contributed by atoms with Crippen LogP contribution in [0.3, 0.4) is 0 Å². The minimum absolute atomic E-state index is 0. The molecule has 1 aliphatic rings. The minimum Gasteiger partial charge on any atom is -0.496 e. The van der Waals surface area contributed by atoms with Crippen molar-refractivity contribution in [2.45, 2.75) is 12.8 Å². The minimum atomic E-state index is -3.38. The topological polar surface area (TPSA) is 83.0 Å². The number of guanidine groups is 1.